The van der Waals surface area contributed by atoms with Gasteiger partial charge in [0.1, 0.15) is 7.05 Å². The molecule has 0 amide bonds. The van der Waals surface area contributed by atoms with E-state index in [0.717, 1.165) is 24.1 Å². The molecule has 1 aromatic rings. The Kier molecular flexibility index (Phi) is 10.3. The van der Waals surface area contributed by atoms with Crippen LogP contribution in [0.5, 0.6) is 0 Å². The lowest BCUT2D eigenvalue weighted by molar-refractivity contribution is -0.671. The van der Waals surface area contributed by atoms with E-state index in [1.54, 1.807) is 0 Å². The summed E-state index contributed by atoms with van der Waals surface area (Å²) in [5, 5.41) is 12.7. The Balaban J connectivity index is 2.08. The summed E-state index contributed by atoms with van der Waals surface area (Å²) in [6.45, 7) is 2.26. The van der Waals surface area contributed by atoms with Gasteiger partial charge in [-0.2, -0.15) is 0 Å². The van der Waals surface area contributed by atoms with Gasteiger partial charge in [0.2, 0.25) is 0 Å². The van der Waals surface area contributed by atoms with Crippen molar-refractivity contribution in [2.45, 2.75) is 77.6 Å². The molecule has 0 fully saturated rings. The summed E-state index contributed by atoms with van der Waals surface area (Å²) >= 11 is 0. The summed E-state index contributed by atoms with van der Waals surface area (Å²) in [5.74, 6) is 0. The molecule has 1 N–H and O–H groups in total. The van der Waals surface area contributed by atoms with E-state index >= 15 is 0 Å². The monoisotopic (exact) mass is 305 g/mol. The quantitative estimate of drug-likeness (QED) is 0.190. The van der Waals surface area contributed by atoms with Crippen molar-refractivity contribution in [2.24, 2.45) is 12.2 Å². The molecule has 1 rings (SSSR count). The Morgan fingerprint density at radius 1 is 1.00 bits per heavy atom. The topological polar surface area (TPSA) is 36.5 Å². The van der Waals surface area contributed by atoms with Gasteiger partial charge in [0.05, 0.1) is 11.3 Å². The van der Waals surface area contributed by atoms with Crippen LogP contribution in [0.3, 0.4) is 0 Å². The Bertz CT molecular complexity index is 429. The highest BCUT2D eigenvalue weighted by Gasteiger charge is 2.07. The van der Waals surface area contributed by atoms with Gasteiger partial charge in [-0.3, -0.25) is 0 Å². The summed E-state index contributed by atoms with van der Waals surface area (Å²) in [7, 11) is 1.99. The molecule has 0 bridgehead atoms. The highest BCUT2D eigenvalue weighted by molar-refractivity contribution is 5.99. The van der Waals surface area contributed by atoms with Gasteiger partial charge in [-0.25, -0.2) is 4.57 Å². The summed E-state index contributed by atoms with van der Waals surface area (Å²) < 4.78 is 1.99. The van der Waals surface area contributed by atoms with E-state index in [4.69, 9.17) is 0 Å². The molecule has 1 aromatic heterocycles. The number of pyridine rings is 1. The van der Waals surface area contributed by atoms with Crippen molar-refractivity contribution < 1.29 is 9.77 Å². The Hall–Kier alpha value is -1.38. The summed E-state index contributed by atoms with van der Waals surface area (Å²) in [6, 6.07) is 3.99. The van der Waals surface area contributed by atoms with Crippen molar-refractivity contribution in [1.82, 2.24) is 0 Å². The molecule has 124 valence electrons. The molecular formula is C19H33N2O+. The highest BCUT2D eigenvalue weighted by Crippen LogP contribution is 2.13. The molecule has 0 aliphatic rings. The first-order valence-electron chi connectivity index (χ1n) is 8.94. The Labute approximate surface area is 136 Å². The number of hydrogen-bond acceptors (Lipinski definition) is 2. The van der Waals surface area contributed by atoms with Crippen LogP contribution in [0.25, 0.3) is 0 Å². The van der Waals surface area contributed by atoms with Gasteiger partial charge in [0.15, 0.2) is 12.4 Å². The molecule has 0 unspecified atom stereocenters. The number of aromatic nitrogens is 1. The maximum Gasteiger partial charge on any atom is 0.177 e. The van der Waals surface area contributed by atoms with E-state index in [0.29, 0.717) is 0 Å². The van der Waals surface area contributed by atoms with Gasteiger partial charge in [-0.05, 0) is 18.9 Å². The second-order valence-electron chi connectivity index (χ2n) is 6.24. The minimum absolute atomic E-state index is 0.802. The van der Waals surface area contributed by atoms with Gasteiger partial charge in [-0.15, -0.1) is 0 Å². The average Bonchev–Trinajstić information content (AvgIpc) is 2.53. The van der Waals surface area contributed by atoms with Crippen molar-refractivity contribution in [3.05, 3.63) is 30.1 Å². The fourth-order valence-corrected chi connectivity index (χ4v) is 2.79. The van der Waals surface area contributed by atoms with Gasteiger partial charge in [-0.1, -0.05) is 69.9 Å². The second-order valence-corrected chi connectivity index (χ2v) is 6.24. The van der Waals surface area contributed by atoms with Crippen LogP contribution < -0.4 is 4.57 Å². The number of rotatable bonds is 12. The van der Waals surface area contributed by atoms with Crippen molar-refractivity contribution in [3.63, 3.8) is 0 Å². The number of nitrogens with zero attached hydrogens (tertiary/aromatic N) is 2. The van der Waals surface area contributed by atoms with E-state index in [1.165, 1.54) is 57.8 Å². The standard InChI is InChI=1S/C19H32N2O/c1-3-4-5-6-7-8-9-10-11-12-15-19(20-22)18-14-13-16-21(2)17-18/h13-14,16-17H,3-12,15H2,1-2H3/p+1/b20-19-. The fraction of sp³-hybridized carbons (Fsp3) is 0.684. The maximum atomic E-state index is 9.19. The van der Waals surface area contributed by atoms with Crippen molar-refractivity contribution in [1.29, 1.82) is 0 Å². The van der Waals surface area contributed by atoms with Crippen LogP contribution in [0.1, 0.15) is 83.1 Å². The minimum Gasteiger partial charge on any atom is -0.411 e. The third kappa shape index (κ3) is 8.16. The highest BCUT2D eigenvalue weighted by atomic mass is 16.4. The van der Waals surface area contributed by atoms with Crippen LogP contribution in [0.2, 0.25) is 0 Å². The van der Waals surface area contributed by atoms with E-state index in [1.807, 2.05) is 36.1 Å². The van der Waals surface area contributed by atoms with Crippen LogP contribution in [0, 0.1) is 0 Å². The maximum absolute atomic E-state index is 9.19. The number of aryl methyl sites for hydroxylation is 1. The first-order chi connectivity index (χ1) is 10.8. The zero-order valence-corrected chi connectivity index (χ0v) is 14.4. The molecule has 0 aromatic carbocycles. The molecule has 1 heterocycles. The number of hydrogen-bond donors (Lipinski definition) is 1. The molecule has 0 radical (unpaired) electrons. The minimum atomic E-state index is 0.802. The van der Waals surface area contributed by atoms with Crippen LogP contribution in [0.15, 0.2) is 29.7 Å². The second kappa shape index (κ2) is 12.2. The summed E-state index contributed by atoms with van der Waals surface area (Å²) in [5.41, 5.74) is 1.82. The van der Waals surface area contributed by atoms with Crippen LogP contribution >= 0.6 is 0 Å². The molecule has 0 saturated heterocycles. The largest absolute Gasteiger partial charge is 0.411 e. The third-order valence-corrected chi connectivity index (χ3v) is 4.16. The molecule has 0 aliphatic carbocycles. The van der Waals surface area contributed by atoms with Crippen LogP contribution in [-0.2, 0) is 7.05 Å². The van der Waals surface area contributed by atoms with Crippen molar-refractivity contribution >= 4 is 5.71 Å². The lowest BCUT2D eigenvalue weighted by Crippen LogP contribution is -2.27. The summed E-state index contributed by atoms with van der Waals surface area (Å²) in [6.07, 6.45) is 18.1. The molecule has 3 nitrogen and oxygen atoms in total. The number of unbranched alkanes of at least 4 members (excludes halogenated alkanes) is 9. The third-order valence-electron chi connectivity index (χ3n) is 4.16. The zero-order valence-electron chi connectivity index (χ0n) is 14.4. The Morgan fingerprint density at radius 3 is 2.14 bits per heavy atom. The van der Waals surface area contributed by atoms with Gasteiger partial charge < -0.3 is 5.21 Å². The van der Waals surface area contributed by atoms with Gasteiger partial charge >= 0.3 is 0 Å². The predicted molar refractivity (Wildman–Crippen MR) is 92.4 cm³/mol. The molecule has 3 heteroatoms. The molecular weight excluding hydrogens is 272 g/mol. The summed E-state index contributed by atoms with van der Waals surface area (Å²) in [4.78, 5) is 0. The molecule has 0 atom stereocenters. The first-order valence-corrected chi connectivity index (χ1v) is 8.94. The molecule has 0 aliphatic heterocycles. The van der Waals surface area contributed by atoms with Crippen molar-refractivity contribution in [3.8, 4) is 0 Å². The SMILES string of the molecule is CCCCCCCCCCCC/C(=N/O)c1ccc[n+](C)c1. The first kappa shape index (κ1) is 18.7. The lowest BCUT2D eigenvalue weighted by Gasteiger charge is -2.04. The smallest absolute Gasteiger partial charge is 0.177 e. The van der Waals surface area contributed by atoms with E-state index in [9.17, 15) is 5.21 Å². The number of oxime groups is 1. The van der Waals surface area contributed by atoms with E-state index in [2.05, 4.69) is 12.1 Å². The zero-order chi connectivity index (χ0) is 16.0. The van der Waals surface area contributed by atoms with Gasteiger partial charge in [0.25, 0.3) is 0 Å². The predicted octanol–water partition coefficient (Wildman–Crippen LogP) is 5.00. The lowest BCUT2D eigenvalue weighted by atomic mass is 10.0. The molecule has 0 saturated carbocycles. The van der Waals surface area contributed by atoms with Crippen LogP contribution in [-0.4, -0.2) is 10.9 Å². The Morgan fingerprint density at radius 2 is 1.59 bits per heavy atom. The van der Waals surface area contributed by atoms with Crippen molar-refractivity contribution in [2.75, 3.05) is 0 Å². The van der Waals surface area contributed by atoms with E-state index < -0.39 is 0 Å². The molecule has 22 heavy (non-hydrogen) atoms. The average molecular weight is 305 g/mol. The van der Waals surface area contributed by atoms with Gasteiger partial charge in [0, 0.05) is 6.07 Å². The molecule has 0 spiro atoms. The van der Waals surface area contributed by atoms with Crippen LogP contribution in [0.4, 0.5) is 0 Å². The fourth-order valence-electron chi connectivity index (χ4n) is 2.79. The normalized spacial score (nSPS) is 11.8. The van der Waals surface area contributed by atoms with E-state index in [-0.39, 0.29) is 0 Å².